The average Bonchev–Trinajstić information content (AvgIpc) is 2.74. The first-order chi connectivity index (χ1) is 14.0. The first kappa shape index (κ1) is 20.9. The SMILES string of the molecule is COc1ccc(F)cc1C(c1cccc(OC)c1OC)N1CCCC(C(=O)O)C1. The lowest BCUT2D eigenvalue weighted by atomic mass is 9.90. The van der Waals surface area contributed by atoms with Crippen molar-refractivity contribution in [2.24, 2.45) is 5.92 Å². The number of piperidine rings is 1. The molecule has 156 valence electrons. The number of rotatable bonds is 7. The van der Waals surface area contributed by atoms with Gasteiger partial charge in [0.05, 0.1) is 33.3 Å². The highest BCUT2D eigenvalue weighted by Gasteiger charge is 2.34. The van der Waals surface area contributed by atoms with Crippen molar-refractivity contribution in [1.29, 1.82) is 0 Å². The number of hydrogen-bond donors (Lipinski definition) is 1. The molecule has 2 aromatic rings. The van der Waals surface area contributed by atoms with E-state index >= 15 is 0 Å². The molecule has 0 bridgehead atoms. The monoisotopic (exact) mass is 403 g/mol. The number of para-hydroxylation sites is 1. The third kappa shape index (κ3) is 4.29. The minimum absolute atomic E-state index is 0.347. The van der Waals surface area contributed by atoms with E-state index in [9.17, 15) is 14.3 Å². The molecule has 0 aliphatic carbocycles. The van der Waals surface area contributed by atoms with E-state index in [2.05, 4.69) is 4.90 Å². The number of nitrogens with zero attached hydrogens (tertiary/aromatic N) is 1. The molecule has 1 heterocycles. The molecule has 6 nitrogen and oxygen atoms in total. The molecule has 2 aromatic carbocycles. The second-order valence-electron chi connectivity index (χ2n) is 7.04. The van der Waals surface area contributed by atoms with E-state index in [0.717, 1.165) is 12.0 Å². The number of carboxylic acid groups (broad SMARTS) is 1. The van der Waals surface area contributed by atoms with E-state index in [1.165, 1.54) is 19.2 Å². The Balaban J connectivity index is 2.18. The van der Waals surface area contributed by atoms with Crippen molar-refractivity contribution in [2.75, 3.05) is 34.4 Å². The van der Waals surface area contributed by atoms with E-state index < -0.39 is 17.9 Å². The van der Waals surface area contributed by atoms with Crippen LogP contribution in [-0.2, 0) is 4.79 Å². The van der Waals surface area contributed by atoms with Crippen molar-refractivity contribution >= 4 is 5.97 Å². The first-order valence-corrected chi connectivity index (χ1v) is 9.51. The molecule has 0 saturated carbocycles. The zero-order valence-electron chi connectivity index (χ0n) is 16.9. The molecule has 2 unspecified atom stereocenters. The number of carboxylic acids is 1. The predicted octanol–water partition coefficient (Wildman–Crippen LogP) is 3.74. The lowest BCUT2D eigenvalue weighted by molar-refractivity contribution is -0.143. The van der Waals surface area contributed by atoms with Crippen LogP contribution >= 0.6 is 0 Å². The van der Waals surface area contributed by atoms with Gasteiger partial charge in [0, 0.05) is 17.7 Å². The summed E-state index contributed by atoms with van der Waals surface area (Å²) in [6.45, 7) is 1.02. The largest absolute Gasteiger partial charge is 0.496 e. The number of carbonyl (C=O) groups is 1. The Hall–Kier alpha value is -2.80. The molecular formula is C22H26FNO5. The molecule has 29 heavy (non-hydrogen) atoms. The average molecular weight is 403 g/mol. The van der Waals surface area contributed by atoms with Gasteiger partial charge in [-0.25, -0.2) is 4.39 Å². The van der Waals surface area contributed by atoms with E-state index in [0.29, 0.717) is 42.3 Å². The van der Waals surface area contributed by atoms with Crippen molar-refractivity contribution in [2.45, 2.75) is 18.9 Å². The van der Waals surface area contributed by atoms with Crippen LogP contribution in [0.15, 0.2) is 36.4 Å². The van der Waals surface area contributed by atoms with Crippen LogP contribution in [-0.4, -0.2) is 50.4 Å². The van der Waals surface area contributed by atoms with Gasteiger partial charge < -0.3 is 19.3 Å². The highest BCUT2D eigenvalue weighted by molar-refractivity contribution is 5.70. The van der Waals surface area contributed by atoms with E-state index in [1.807, 2.05) is 12.1 Å². The molecule has 2 atom stereocenters. The topological polar surface area (TPSA) is 68.2 Å². The maximum absolute atomic E-state index is 14.2. The second kappa shape index (κ2) is 9.13. The number of hydrogen-bond acceptors (Lipinski definition) is 5. The fourth-order valence-electron chi connectivity index (χ4n) is 4.05. The van der Waals surface area contributed by atoms with Crippen LogP contribution in [0.4, 0.5) is 4.39 Å². The normalized spacial score (nSPS) is 18.1. The predicted molar refractivity (Wildman–Crippen MR) is 106 cm³/mol. The summed E-state index contributed by atoms with van der Waals surface area (Å²) in [5, 5.41) is 9.55. The molecule has 1 aliphatic rings. The molecule has 1 aliphatic heterocycles. The molecule has 0 spiro atoms. The minimum Gasteiger partial charge on any atom is -0.496 e. The fraction of sp³-hybridized carbons (Fsp3) is 0.409. The van der Waals surface area contributed by atoms with Gasteiger partial charge in [0.1, 0.15) is 11.6 Å². The van der Waals surface area contributed by atoms with Gasteiger partial charge in [-0.3, -0.25) is 9.69 Å². The van der Waals surface area contributed by atoms with Crippen LogP contribution in [0.1, 0.15) is 30.0 Å². The highest BCUT2D eigenvalue weighted by Crippen LogP contribution is 2.44. The molecule has 1 saturated heterocycles. The van der Waals surface area contributed by atoms with Crippen LogP contribution in [0.3, 0.4) is 0 Å². The first-order valence-electron chi connectivity index (χ1n) is 9.51. The van der Waals surface area contributed by atoms with Gasteiger partial charge in [-0.1, -0.05) is 12.1 Å². The molecule has 1 N–H and O–H groups in total. The summed E-state index contributed by atoms with van der Waals surface area (Å²) in [6, 6.07) is 9.44. The van der Waals surface area contributed by atoms with Gasteiger partial charge in [0.15, 0.2) is 11.5 Å². The summed E-state index contributed by atoms with van der Waals surface area (Å²) < 4.78 is 30.8. The number of methoxy groups -OCH3 is 3. The minimum atomic E-state index is -0.822. The smallest absolute Gasteiger partial charge is 0.307 e. The Labute approximate surface area is 169 Å². The Morgan fingerprint density at radius 1 is 1.10 bits per heavy atom. The lowest BCUT2D eigenvalue weighted by Crippen LogP contribution is -2.41. The van der Waals surface area contributed by atoms with Gasteiger partial charge in [-0.2, -0.15) is 0 Å². The number of aliphatic carboxylic acids is 1. The van der Waals surface area contributed by atoms with Gasteiger partial charge >= 0.3 is 5.97 Å². The van der Waals surface area contributed by atoms with E-state index in [-0.39, 0.29) is 5.82 Å². The fourth-order valence-corrected chi connectivity index (χ4v) is 4.05. The number of halogens is 1. The van der Waals surface area contributed by atoms with Crippen molar-refractivity contribution < 1.29 is 28.5 Å². The Bertz CT molecular complexity index is 872. The molecule has 1 fully saturated rings. The number of benzene rings is 2. The standard InChI is InChI=1S/C22H26FNO5/c1-27-18-10-9-15(23)12-17(18)20(24-11-5-6-14(13-24)22(25)26)16-7-4-8-19(28-2)21(16)29-3/h4,7-10,12,14,20H,5-6,11,13H2,1-3H3,(H,25,26). The number of ether oxygens (including phenoxy) is 3. The summed E-state index contributed by atoms with van der Waals surface area (Å²) in [5.41, 5.74) is 1.38. The van der Waals surface area contributed by atoms with Gasteiger partial charge in [0.25, 0.3) is 0 Å². The zero-order valence-corrected chi connectivity index (χ0v) is 16.9. The van der Waals surface area contributed by atoms with Crippen molar-refractivity contribution in [1.82, 2.24) is 4.90 Å². The molecule has 7 heteroatoms. The summed E-state index contributed by atoms with van der Waals surface area (Å²) in [6.07, 6.45) is 1.35. The van der Waals surface area contributed by atoms with Crippen LogP contribution in [0.5, 0.6) is 17.2 Å². The van der Waals surface area contributed by atoms with Crippen molar-refractivity contribution in [3.05, 3.63) is 53.3 Å². The third-order valence-corrected chi connectivity index (χ3v) is 5.38. The molecule has 0 amide bonds. The van der Waals surface area contributed by atoms with Crippen molar-refractivity contribution in [3.8, 4) is 17.2 Å². The molecule has 0 radical (unpaired) electrons. The summed E-state index contributed by atoms with van der Waals surface area (Å²) in [4.78, 5) is 13.7. The van der Waals surface area contributed by atoms with E-state index in [1.54, 1.807) is 26.4 Å². The van der Waals surface area contributed by atoms with Gasteiger partial charge in [-0.15, -0.1) is 0 Å². The molecule has 3 rings (SSSR count). The highest BCUT2D eigenvalue weighted by atomic mass is 19.1. The van der Waals surface area contributed by atoms with E-state index in [4.69, 9.17) is 14.2 Å². The van der Waals surface area contributed by atoms with Crippen LogP contribution in [0.2, 0.25) is 0 Å². The maximum atomic E-state index is 14.2. The van der Waals surface area contributed by atoms with Crippen molar-refractivity contribution in [3.63, 3.8) is 0 Å². The number of likely N-dealkylation sites (tertiary alicyclic amines) is 1. The summed E-state index contributed by atoms with van der Waals surface area (Å²) in [5.74, 6) is -0.0845. The lowest BCUT2D eigenvalue weighted by Gasteiger charge is -2.38. The quantitative estimate of drug-likeness (QED) is 0.760. The Morgan fingerprint density at radius 2 is 1.86 bits per heavy atom. The Kier molecular flexibility index (Phi) is 6.59. The van der Waals surface area contributed by atoms with Crippen LogP contribution in [0, 0.1) is 11.7 Å². The maximum Gasteiger partial charge on any atom is 0.307 e. The summed E-state index contributed by atoms with van der Waals surface area (Å²) in [7, 11) is 4.64. The molecular weight excluding hydrogens is 377 g/mol. The van der Waals surface area contributed by atoms with Crippen LogP contribution < -0.4 is 14.2 Å². The Morgan fingerprint density at radius 3 is 2.52 bits per heavy atom. The third-order valence-electron chi connectivity index (χ3n) is 5.38. The van der Waals surface area contributed by atoms with Crippen LogP contribution in [0.25, 0.3) is 0 Å². The van der Waals surface area contributed by atoms with Gasteiger partial charge in [0.2, 0.25) is 0 Å². The van der Waals surface area contributed by atoms with Gasteiger partial charge in [-0.05, 0) is 43.7 Å². The second-order valence-corrected chi connectivity index (χ2v) is 7.04. The summed E-state index contributed by atoms with van der Waals surface area (Å²) >= 11 is 0. The zero-order chi connectivity index (χ0) is 21.0. The molecule has 0 aromatic heterocycles.